The number of rotatable bonds is 6. The summed E-state index contributed by atoms with van der Waals surface area (Å²) in [5.74, 6) is -1.19. The Kier molecular flexibility index (Phi) is 4.88. The van der Waals surface area contributed by atoms with Gasteiger partial charge in [0.1, 0.15) is 12.1 Å². The van der Waals surface area contributed by atoms with E-state index in [2.05, 4.69) is 17.3 Å². The van der Waals surface area contributed by atoms with Gasteiger partial charge in [-0.3, -0.25) is 9.48 Å². The van der Waals surface area contributed by atoms with Gasteiger partial charge in [0.05, 0.1) is 5.69 Å². The van der Waals surface area contributed by atoms with Crippen LogP contribution in [0, 0.1) is 6.92 Å². The molecule has 1 amide bonds. The van der Waals surface area contributed by atoms with Crippen molar-refractivity contribution in [2.75, 3.05) is 0 Å². The number of carboxylic acids is 1. The molecule has 0 saturated heterocycles. The minimum absolute atomic E-state index is 0.0438. The molecule has 6 heteroatoms. The van der Waals surface area contributed by atoms with Crippen LogP contribution in [0.3, 0.4) is 0 Å². The number of hydrogen-bond donors (Lipinski definition) is 2. The third-order valence-corrected chi connectivity index (χ3v) is 2.61. The molecule has 2 N–H and O–H groups in total. The Bertz CT molecular complexity index is 440. The number of hydrogen-bond acceptors (Lipinski definition) is 3. The van der Waals surface area contributed by atoms with Crippen LogP contribution in [0.5, 0.6) is 0 Å². The highest BCUT2D eigenvalue weighted by molar-refractivity contribution is 5.88. The van der Waals surface area contributed by atoms with Gasteiger partial charge < -0.3 is 10.4 Å². The number of amides is 1. The molecule has 1 rings (SSSR count). The second kappa shape index (κ2) is 6.18. The zero-order valence-electron chi connectivity index (χ0n) is 10.9. The Morgan fingerprint density at radius 1 is 1.56 bits per heavy atom. The van der Waals surface area contributed by atoms with Crippen LogP contribution in [-0.2, 0) is 11.3 Å². The summed E-state index contributed by atoms with van der Waals surface area (Å²) in [7, 11) is 0. The van der Waals surface area contributed by atoms with Gasteiger partial charge in [-0.15, -0.1) is 0 Å². The molecule has 0 aromatic carbocycles. The largest absolute Gasteiger partial charge is 0.478 e. The van der Waals surface area contributed by atoms with Crippen LogP contribution in [0.2, 0.25) is 0 Å². The first-order valence-corrected chi connectivity index (χ1v) is 6.00. The van der Waals surface area contributed by atoms with Gasteiger partial charge in [-0.05, 0) is 20.3 Å². The van der Waals surface area contributed by atoms with E-state index in [1.54, 1.807) is 6.92 Å². The molecule has 6 nitrogen and oxygen atoms in total. The normalized spacial score (nSPS) is 12.2. The number of carbonyl (C=O) groups is 2. The van der Waals surface area contributed by atoms with Crippen molar-refractivity contribution in [3.8, 4) is 0 Å². The number of carboxylic acid groups (broad SMARTS) is 1. The van der Waals surface area contributed by atoms with Crippen molar-refractivity contribution in [1.82, 2.24) is 15.1 Å². The lowest BCUT2D eigenvalue weighted by Crippen LogP contribution is -2.35. The van der Waals surface area contributed by atoms with Crippen LogP contribution in [0.4, 0.5) is 0 Å². The number of carbonyl (C=O) groups excluding carboxylic acids is 1. The topological polar surface area (TPSA) is 84.2 Å². The standard InChI is InChI=1S/C12H19N3O3/c1-4-5-8(2)13-11(16)7-15-6-10(12(17)18)9(3)14-15/h6,8H,4-5,7H2,1-3H3,(H,13,16)(H,17,18). The molecule has 100 valence electrons. The first-order chi connectivity index (χ1) is 8.43. The SMILES string of the molecule is CCCC(C)NC(=O)Cn1cc(C(=O)O)c(C)n1. The van der Waals surface area contributed by atoms with E-state index in [4.69, 9.17) is 5.11 Å². The summed E-state index contributed by atoms with van der Waals surface area (Å²) in [6, 6.07) is 0.123. The van der Waals surface area contributed by atoms with Crippen LogP contribution < -0.4 is 5.32 Å². The summed E-state index contributed by atoms with van der Waals surface area (Å²) in [5, 5.41) is 15.7. The monoisotopic (exact) mass is 253 g/mol. The summed E-state index contributed by atoms with van der Waals surface area (Å²) in [6.45, 7) is 5.65. The van der Waals surface area contributed by atoms with E-state index in [0.29, 0.717) is 5.69 Å². The Labute approximate surface area is 106 Å². The smallest absolute Gasteiger partial charge is 0.339 e. The van der Waals surface area contributed by atoms with Crippen molar-refractivity contribution in [1.29, 1.82) is 0 Å². The molecule has 1 heterocycles. The molecule has 1 unspecified atom stereocenters. The lowest BCUT2D eigenvalue weighted by Gasteiger charge is -2.12. The molecule has 0 saturated carbocycles. The van der Waals surface area contributed by atoms with Gasteiger partial charge in [-0.25, -0.2) is 4.79 Å². The van der Waals surface area contributed by atoms with Gasteiger partial charge in [-0.1, -0.05) is 13.3 Å². The number of aromatic carboxylic acids is 1. The summed E-state index contributed by atoms with van der Waals surface area (Å²) in [5.41, 5.74) is 0.543. The molecule has 0 aliphatic heterocycles. The predicted octanol–water partition coefficient (Wildman–Crippen LogP) is 1.19. The van der Waals surface area contributed by atoms with Crippen molar-refractivity contribution in [3.63, 3.8) is 0 Å². The molecular weight excluding hydrogens is 234 g/mol. The minimum Gasteiger partial charge on any atom is -0.478 e. The van der Waals surface area contributed by atoms with E-state index < -0.39 is 5.97 Å². The van der Waals surface area contributed by atoms with Gasteiger partial charge in [0, 0.05) is 12.2 Å². The molecule has 1 aromatic heterocycles. The fourth-order valence-electron chi connectivity index (χ4n) is 1.78. The molecule has 0 radical (unpaired) electrons. The van der Waals surface area contributed by atoms with Crippen LogP contribution in [0.15, 0.2) is 6.20 Å². The van der Waals surface area contributed by atoms with E-state index in [-0.39, 0.29) is 24.1 Å². The van der Waals surface area contributed by atoms with Gasteiger partial charge in [-0.2, -0.15) is 5.10 Å². The van der Waals surface area contributed by atoms with Gasteiger partial charge >= 0.3 is 5.97 Å². The minimum atomic E-state index is -1.03. The lowest BCUT2D eigenvalue weighted by atomic mass is 10.2. The third kappa shape index (κ3) is 3.87. The Hall–Kier alpha value is -1.85. The maximum atomic E-state index is 11.7. The van der Waals surface area contributed by atoms with Crippen LogP contribution in [-0.4, -0.2) is 32.8 Å². The summed E-state index contributed by atoms with van der Waals surface area (Å²) in [4.78, 5) is 22.5. The molecule has 0 aliphatic rings. The molecule has 1 aromatic rings. The Morgan fingerprint density at radius 2 is 2.22 bits per heavy atom. The maximum Gasteiger partial charge on any atom is 0.339 e. The van der Waals surface area contributed by atoms with Crippen LogP contribution >= 0.6 is 0 Å². The van der Waals surface area contributed by atoms with Gasteiger partial charge in [0.25, 0.3) is 0 Å². The van der Waals surface area contributed by atoms with E-state index in [1.807, 2.05) is 6.92 Å². The lowest BCUT2D eigenvalue weighted by molar-refractivity contribution is -0.122. The van der Waals surface area contributed by atoms with Crippen LogP contribution in [0.25, 0.3) is 0 Å². The van der Waals surface area contributed by atoms with Crippen molar-refractivity contribution in [3.05, 3.63) is 17.5 Å². The fourth-order valence-corrected chi connectivity index (χ4v) is 1.78. The summed E-state index contributed by atoms with van der Waals surface area (Å²) < 4.78 is 1.35. The van der Waals surface area contributed by atoms with Gasteiger partial charge in [0.15, 0.2) is 0 Å². The highest BCUT2D eigenvalue weighted by Crippen LogP contribution is 2.05. The zero-order chi connectivity index (χ0) is 13.7. The number of nitrogens with zero attached hydrogens (tertiary/aromatic N) is 2. The van der Waals surface area contributed by atoms with Crippen molar-refractivity contribution in [2.45, 2.75) is 46.2 Å². The highest BCUT2D eigenvalue weighted by Gasteiger charge is 2.14. The van der Waals surface area contributed by atoms with E-state index in [0.717, 1.165) is 12.8 Å². The molecule has 0 aliphatic carbocycles. The number of aromatic nitrogens is 2. The fraction of sp³-hybridized carbons (Fsp3) is 0.583. The number of nitrogens with one attached hydrogen (secondary N) is 1. The summed E-state index contributed by atoms with van der Waals surface area (Å²) >= 11 is 0. The molecule has 0 fully saturated rings. The predicted molar refractivity (Wildman–Crippen MR) is 66.4 cm³/mol. The second-order valence-corrected chi connectivity index (χ2v) is 4.39. The average Bonchev–Trinajstić information content (AvgIpc) is 2.59. The van der Waals surface area contributed by atoms with Gasteiger partial charge in [0.2, 0.25) is 5.91 Å². The molecule has 0 spiro atoms. The van der Waals surface area contributed by atoms with Crippen LogP contribution in [0.1, 0.15) is 42.7 Å². The first-order valence-electron chi connectivity index (χ1n) is 6.00. The molecule has 18 heavy (non-hydrogen) atoms. The second-order valence-electron chi connectivity index (χ2n) is 4.39. The molecule has 1 atom stereocenters. The zero-order valence-corrected chi connectivity index (χ0v) is 10.9. The van der Waals surface area contributed by atoms with Crippen molar-refractivity contribution in [2.24, 2.45) is 0 Å². The van der Waals surface area contributed by atoms with Crippen molar-refractivity contribution < 1.29 is 14.7 Å². The van der Waals surface area contributed by atoms with E-state index in [9.17, 15) is 9.59 Å². The van der Waals surface area contributed by atoms with Crippen molar-refractivity contribution >= 4 is 11.9 Å². The van der Waals surface area contributed by atoms with E-state index >= 15 is 0 Å². The maximum absolute atomic E-state index is 11.7. The average molecular weight is 253 g/mol. The third-order valence-electron chi connectivity index (χ3n) is 2.61. The molecular formula is C12H19N3O3. The van der Waals surface area contributed by atoms with E-state index in [1.165, 1.54) is 10.9 Å². The first kappa shape index (κ1) is 14.2. The Balaban J connectivity index is 2.59. The summed E-state index contributed by atoms with van der Waals surface area (Å²) in [6.07, 6.45) is 3.30. The quantitative estimate of drug-likeness (QED) is 0.797. The molecule has 0 bridgehead atoms. The number of aryl methyl sites for hydroxylation is 1. The Morgan fingerprint density at radius 3 is 2.72 bits per heavy atom. The highest BCUT2D eigenvalue weighted by atomic mass is 16.4.